The van der Waals surface area contributed by atoms with Crippen molar-refractivity contribution in [3.63, 3.8) is 0 Å². The van der Waals surface area contributed by atoms with Crippen molar-refractivity contribution in [1.82, 2.24) is 10.6 Å². The average Bonchev–Trinajstić information content (AvgIpc) is 2.85. The minimum Gasteiger partial charge on any atom is -0.460 e. The van der Waals surface area contributed by atoms with Gasteiger partial charge < -0.3 is 20.1 Å². The maximum absolute atomic E-state index is 12.5. The zero-order valence-corrected chi connectivity index (χ0v) is 20.2. The molecule has 0 aliphatic carbocycles. The molecule has 0 aliphatic heterocycles. The average molecular weight is 489 g/mol. The summed E-state index contributed by atoms with van der Waals surface area (Å²) in [7, 11) is -0.370. The molecule has 3 atom stereocenters. The van der Waals surface area contributed by atoms with Crippen molar-refractivity contribution in [2.45, 2.75) is 38.1 Å². The summed E-state index contributed by atoms with van der Waals surface area (Å²) in [6.07, 6.45) is 0.108. The van der Waals surface area contributed by atoms with Crippen LogP contribution in [0.3, 0.4) is 0 Å². The van der Waals surface area contributed by atoms with Crippen LogP contribution in [0.15, 0.2) is 60.7 Å². The molecule has 1 amide bonds. The Labute approximate surface area is 200 Å². The first-order valence-corrected chi connectivity index (χ1v) is 12.4. The second-order valence-electron chi connectivity index (χ2n) is 7.42. The minimum atomic E-state index is -1.97. The van der Waals surface area contributed by atoms with Gasteiger partial charge >= 0.3 is 20.0 Å². The molecule has 0 saturated carbocycles. The zero-order valence-electron chi connectivity index (χ0n) is 19.3. The van der Waals surface area contributed by atoms with Gasteiger partial charge in [-0.1, -0.05) is 60.7 Å². The summed E-state index contributed by atoms with van der Waals surface area (Å²) in [5, 5.41) is 5.38. The second kappa shape index (κ2) is 14.9. The van der Waals surface area contributed by atoms with E-state index in [0.29, 0.717) is 0 Å². The number of likely N-dealkylation sites (N-methyl/N-ethyl adjacent to an activating group) is 1. The van der Waals surface area contributed by atoms with Crippen LogP contribution < -0.4 is 10.6 Å². The quantitative estimate of drug-likeness (QED) is 0.307. The SMILES string of the molecule is CNC(CCC(=O)NC(CO[P+](C)=O)C(=O)OCc1ccccc1)C(=O)OCc1ccccc1. The molecule has 0 radical (unpaired) electrons. The van der Waals surface area contributed by atoms with Crippen LogP contribution in [0.2, 0.25) is 0 Å². The molecule has 10 heteroatoms. The normalized spacial score (nSPS) is 12.8. The number of amides is 1. The second-order valence-corrected chi connectivity index (χ2v) is 8.56. The highest BCUT2D eigenvalue weighted by Crippen LogP contribution is 2.16. The number of rotatable bonds is 14. The van der Waals surface area contributed by atoms with Gasteiger partial charge in [0.15, 0.2) is 12.7 Å². The van der Waals surface area contributed by atoms with Crippen molar-refractivity contribution < 1.29 is 32.9 Å². The lowest BCUT2D eigenvalue weighted by atomic mass is 10.1. The Hall–Kier alpha value is -3.13. The number of nitrogens with one attached hydrogen (secondary N) is 2. The number of hydrogen-bond donors (Lipinski definition) is 2. The van der Waals surface area contributed by atoms with Gasteiger partial charge in [0.1, 0.15) is 25.9 Å². The molecule has 2 rings (SSSR count). The summed E-state index contributed by atoms with van der Waals surface area (Å²) in [5.74, 6) is -1.67. The summed E-state index contributed by atoms with van der Waals surface area (Å²) in [5.41, 5.74) is 1.64. The smallest absolute Gasteiger partial charge is 0.460 e. The van der Waals surface area contributed by atoms with Gasteiger partial charge in [-0.05, 0) is 29.2 Å². The van der Waals surface area contributed by atoms with Crippen molar-refractivity contribution in [1.29, 1.82) is 0 Å². The van der Waals surface area contributed by atoms with E-state index in [4.69, 9.17) is 14.0 Å². The van der Waals surface area contributed by atoms with Gasteiger partial charge in [-0.25, -0.2) is 4.79 Å². The molecule has 2 N–H and O–H groups in total. The Morgan fingerprint density at radius 1 is 0.853 bits per heavy atom. The first kappa shape index (κ1) is 27.1. The maximum Gasteiger partial charge on any atom is 0.504 e. The number of esters is 2. The van der Waals surface area contributed by atoms with Gasteiger partial charge in [-0.2, -0.15) is 0 Å². The fourth-order valence-electron chi connectivity index (χ4n) is 2.93. The molecule has 0 fully saturated rings. The van der Waals surface area contributed by atoms with Gasteiger partial charge in [0.2, 0.25) is 5.91 Å². The Morgan fingerprint density at radius 3 is 1.82 bits per heavy atom. The van der Waals surface area contributed by atoms with Gasteiger partial charge in [0.05, 0.1) is 0 Å². The van der Waals surface area contributed by atoms with Crippen LogP contribution >= 0.6 is 8.03 Å². The van der Waals surface area contributed by atoms with Crippen molar-refractivity contribution in [3.8, 4) is 0 Å². The van der Waals surface area contributed by atoms with E-state index in [2.05, 4.69) is 10.6 Å². The largest absolute Gasteiger partial charge is 0.504 e. The number of hydrogen-bond acceptors (Lipinski definition) is 8. The van der Waals surface area contributed by atoms with Crippen LogP contribution in [0.5, 0.6) is 0 Å². The van der Waals surface area contributed by atoms with Crippen LogP contribution in [-0.4, -0.2) is 50.2 Å². The van der Waals surface area contributed by atoms with E-state index in [9.17, 15) is 18.9 Å². The molecule has 3 unspecified atom stereocenters. The number of benzene rings is 2. The summed E-state index contributed by atoms with van der Waals surface area (Å²) in [4.78, 5) is 37.3. The fraction of sp³-hybridized carbons (Fsp3) is 0.375. The molecule has 0 heterocycles. The van der Waals surface area contributed by atoms with Gasteiger partial charge in [-0.15, -0.1) is 4.52 Å². The first-order chi connectivity index (χ1) is 16.4. The molecule has 0 aliphatic rings. The highest BCUT2D eigenvalue weighted by Gasteiger charge is 2.27. The molecule has 2 aromatic carbocycles. The first-order valence-electron chi connectivity index (χ1n) is 10.8. The standard InChI is InChI=1S/C24H29N2O7P/c1-25-20(23(28)31-15-18-9-5-3-6-10-18)13-14-22(27)26-21(17-33-34(2)30)24(29)32-16-19-11-7-4-8-12-19/h3-12,20-21,25H,13-17H2,1-2H3/p+1. The van der Waals surface area contributed by atoms with E-state index in [-0.39, 0.29) is 32.7 Å². The van der Waals surface area contributed by atoms with Crippen LogP contribution in [0.4, 0.5) is 0 Å². The molecule has 34 heavy (non-hydrogen) atoms. The predicted molar refractivity (Wildman–Crippen MR) is 126 cm³/mol. The summed E-state index contributed by atoms with van der Waals surface area (Å²) < 4.78 is 27.0. The third-order valence-corrected chi connectivity index (χ3v) is 5.30. The van der Waals surface area contributed by atoms with E-state index in [0.717, 1.165) is 11.1 Å². The van der Waals surface area contributed by atoms with Crippen molar-refractivity contribution in [3.05, 3.63) is 71.8 Å². The van der Waals surface area contributed by atoms with Crippen molar-refractivity contribution in [2.24, 2.45) is 0 Å². The van der Waals surface area contributed by atoms with Crippen LogP contribution in [0.1, 0.15) is 24.0 Å². The monoisotopic (exact) mass is 489 g/mol. The van der Waals surface area contributed by atoms with E-state index < -0.39 is 38.0 Å². The zero-order chi connectivity index (χ0) is 24.8. The maximum atomic E-state index is 12.5. The van der Waals surface area contributed by atoms with Crippen molar-refractivity contribution in [2.75, 3.05) is 20.3 Å². The van der Waals surface area contributed by atoms with Crippen LogP contribution in [0.25, 0.3) is 0 Å². The Morgan fingerprint density at radius 2 is 1.35 bits per heavy atom. The highest BCUT2D eigenvalue weighted by atomic mass is 31.1. The van der Waals surface area contributed by atoms with Gasteiger partial charge in [-0.3, -0.25) is 9.59 Å². The predicted octanol–water partition coefficient (Wildman–Crippen LogP) is 2.71. The van der Waals surface area contributed by atoms with E-state index in [1.54, 1.807) is 19.2 Å². The van der Waals surface area contributed by atoms with Crippen LogP contribution in [0, 0.1) is 0 Å². The summed E-state index contributed by atoms with van der Waals surface area (Å²) in [6, 6.07) is 16.5. The fourth-order valence-corrected chi connectivity index (χ4v) is 3.29. The van der Waals surface area contributed by atoms with Gasteiger partial charge in [0, 0.05) is 6.42 Å². The van der Waals surface area contributed by atoms with Gasteiger partial charge in [0.25, 0.3) is 0 Å². The summed E-state index contributed by atoms with van der Waals surface area (Å²) >= 11 is 0. The lowest BCUT2D eigenvalue weighted by Crippen LogP contribution is -2.45. The lowest BCUT2D eigenvalue weighted by molar-refractivity contribution is -0.150. The third kappa shape index (κ3) is 10.2. The topological polar surface area (TPSA) is 120 Å². The molecule has 0 aromatic heterocycles. The Bertz CT molecular complexity index is 941. The Kier molecular flexibility index (Phi) is 11.9. The Balaban J connectivity index is 1.85. The molecule has 0 saturated heterocycles. The number of ether oxygens (including phenoxy) is 2. The third-order valence-electron chi connectivity index (χ3n) is 4.78. The molecular weight excluding hydrogens is 459 g/mol. The minimum absolute atomic E-state index is 0.0272. The van der Waals surface area contributed by atoms with Crippen molar-refractivity contribution >= 4 is 25.9 Å². The van der Waals surface area contributed by atoms with E-state index in [1.807, 2.05) is 48.5 Å². The molecule has 0 bridgehead atoms. The van der Waals surface area contributed by atoms with Crippen LogP contribution in [-0.2, 0) is 46.2 Å². The molecule has 2 aromatic rings. The van der Waals surface area contributed by atoms with E-state index in [1.165, 1.54) is 6.66 Å². The molecule has 0 spiro atoms. The highest BCUT2D eigenvalue weighted by molar-refractivity contribution is 7.38. The molecule has 9 nitrogen and oxygen atoms in total. The number of carbonyl (C=O) groups excluding carboxylic acids is 3. The lowest BCUT2D eigenvalue weighted by Gasteiger charge is -2.18. The summed E-state index contributed by atoms with van der Waals surface area (Å²) in [6.45, 7) is 1.22. The van der Waals surface area contributed by atoms with E-state index >= 15 is 0 Å². The molecule has 182 valence electrons. The molecular formula is C24H30N2O7P+. The number of carbonyl (C=O) groups is 3.